The second-order valence-electron chi connectivity index (χ2n) is 2.60. The highest BCUT2D eigenvalue weighted by molar-refractivity contribution is 8.03. The summed E-state index contributed by atoms with van der Waals surface area (Å²) in [6.07, 6.45) is 3.51. The number of rotatable bonds is 0. The molecule has 1 N–H and O–H groups in total. The van der Waals surface area contributed by atoms with Crippen LogP contribution in [0.3, 0.4) is 0 Å². The molecule has 0 saturated carbocycles. The second kappa shape index (κ2) is 2.40. The Kier molecular flexibility index (Phi) is 1.54. The van der Waals surface area contributed by atoms with E-state index < -0.39 is 0 Å². The summed E-state index contributed by atoms with van der Waals surface area (Å²) in [5.41, 5.74) is 0. The van der Waals surface area contributed by atoms with E-state index in [1.165, 1.54) is 4.91 Å². The number of ketones is 1. The molecule has 10 heavy (non-hydrogen) atoms. The van der Waals surface area contributed by atoms with Gasteiger partial charge in [0.15, 0.2) is 5.78 Å². The highest BCUT2D eigenvalue weighted by Gasteiger charge is 2.25. The lowest BCUT2D eigenvalue weighted by Crippen LogP contribution is -2.26. The van der Waals surface area contributed by atoms with Gasteiger partial charge in [-0.05, 0) is 12.5 Å². The zero-order valence-electron chi connectivity index (χ0n) is 5.59. The Bertz CT molecular complexity index is 200. The molecule has 1 aliphatic heterocycles. The van der Waals surface area contributed by atoms with E-state index in [0.717, 1.165) is 18.7 Å². The third-order valence-electron chi connectivity index (χ3n) is 1.89. The van der Waals surface area contributed by atoms with E-state index in [4.69, 9.17) is 0 Å². The zero-order chi connectivity index (χ0) is 6.97. The Balaban J connectivity index is 2.23. The molecule has 0 radical (unpaired) electrons. The van der Waals surface area contributed by atoms with Gasteiger partial charge >= 0.3 is 0 Å². The van der Waals surface area contributed by atoms with Crippen LogP contribution in [0.4, 0.5) is 0 Å². The first-order valence-corrected chi connectivity index (χ1v) is 4.45. The molecule has 2 nitrogen and oxygen atoms in total. The fourth-order valence-electron chi connectivity index (χ4n) is 1.33. The van der Waals surface area contributed by atoms with E-state index in [1.807, 2.05) is 0 Å². The van der Waals surface area contributed by atoms with Crippen LogP contribution in [0, 0.1) is 0 Å². The van der Waals surface area contributed by atoms with Crippen molar-refractivity contribution < 1.29 is 4.79 Å². The summed E-state index contributed by atoms with van der Waals surface area (Å²) in [6.45, 7) is 0. The highest BCUT2D eigenvalue weighted by atomic mass is 32.2. The van der Waals surface area contributed by atoms with E-state index in [1.54, 1.807) is 17.8 Å². The monoisotopic (exact) mass is 155 g/mol. The third kappa shape index (κ3) is 0.995. The fourth-order valence-corrected chi connectivity index (χ4v) is 2.40. The molecule has 1 unspecified atom stereocenters. The molecule has 1 saturated heterocycles. The molecule has 0 spiro atoms. The minimum Gasteiger partial charge on any atom is -0.300 e. The number of hydrogen-bond acceptors (Lipinski definition) is 3. The first-order chi connectivity index (χ1) is 4.86. The van der Waals surface area contributed by atoms with Gasteiger partial charge in [-0.25, -0.2) is 0 Å². The van der Waals surface area contributed by atoms with E-state index in [0.29, 0.717) is 11.8 Å². The van der Waals surface area contributed by atoms with Crippen LogP contribution in [0.1, 0.15) is 12.8 Å². The number of fused-ring (bicyclic) bond motifs is 1. The molecule has 54 valence electrons. The summed E-state index contributed by atoms with van der Waals surface area (Å²) in [4.78, 5) is 12.1. The van der Waals surface area contributed by atoms with E-state index >= 15 is 0 Å². The van der Waals surface area contributed by atoms with E-state index in [9.17, 15) is 4.79 Å². The van der Waals surface area contributed by atoms with Crippen LogP contribution >= 0.6 is 11.8 Å². The van der Waals surface area contributed by atoms with Gasteiger partial charge in [0.25, 0.3) is 0 Å². The van der Waals surface area contributed by atoms with Crippen molar-refractivity contribution in [3.8, 4) is 0 Å². The van der Waals surface area contributed by atoms with Crippen LogP contribution in [-0.2, 0) is 4.79 Å². The van der Waals surface area contributed by atoms with Gasteiger partial charge < -0.3 is 5.32 Å². The third-order valence-corrected chi connectivity index (χ3v) is 2.94. The van der Waals surface area contributed by atoms with Crippen LogP contribution in [-0.4, -0.2) is 17.7 Å². The molecule has 0 aromatic heterocycles. The maximum atomic E-state index is 10.9. The van der Waals surface area contributed by atoms with Crippen LogP contribution in [0.15, 0.2) is 11.0 Å². The predicted octanol–water partition coefficient (Wildman–Crippen LogP) is 0.896. The standard InChI is InChI=1S/C7H9NOS/c9-5-1-2-6-7(3-5)10-4-8-6/h3,6,8H,1-2,4H2. The van der Waals surface area contributed by atoms with E-state index in [-0.39, 0.29) is 0 Å². The Hall–Kier alpha value is -0.280. The van der Waals surface area contributed by atoms with Crippen molar-refractivity contribution in [2.75, 3.05) is 5.88 Å². The van der Waals surface area contributed by atoms with Crippen LogP contribution in [0.5, 0.6) is 0 Å². The van der Waals surface area contributed by atoms with Crippen LogP contribution < -0.4 is 5.32 Å². The average molecular weight is 155 g/mol. The summed E-state index contributed by atoms with van der Waals surface area (Å²) in [7, 11) is 0. The molecule has 0 bridgehead atoms. The normalized spacial score (nSPS) is 31.8. The molecule has 2 aliphatic rings. The van der Waals surface area contributed by atoms with Gasteiger partial charge in [0, 0.05) is 23.2 Å². The second-order valence-corrected chi connectivity index (χ2v) is 3.65. The van der Waals surface area contributed by atoms with Gasteiger partial charge in [-0.3, -0.25) is 4.79 Å². The average Bonchev–Trinajstić information content (AvgIpc) is 2.33. The maximum absolute atomic E-state index is 10.9. The van der Waals surface area contributed by atoms with Gasteiger partial charge in [-0.1, -0.05) is 0 Å². The molecule has 0 aromatic carbocycles. The molecule has 1 heterocycles. The van der Waals surface area contributed by atoms with Gasteiger partial charge in [-0.2, -0.15) is 0 Å². The van der Waals surface area contributed by atoms with Crippen molar-refractivity contribution in [3.05, 3.63) is 11.0 Å². The molecule has 1 atom stereocenters. The largest absolute Gasteiger partial charge is 0.300 e. The molecule has 1 fully saturated rings. The van der Waals surface area contributed by atoms with Crippen LogP contribution in [0.25, 0.3) is 0 Å². The summed E-state index contributed by atoms with van der Waals surface area (Å²) in [5.74, 6) is 1.27. The Morgan fingerprint density at radius 2 is 2.60 bits per heavy atom. The number of nitrogens with one attached hydrogen (secondary N) is 1. The van der Waals surface area contributed by atoms with E-state index in [2.05, 4.69) is 5.32 Å². The number of hydrogen-bond donors (Lipinski definition) is 1. The molecular formula is C7H9NOS. The van der Waals surface area contributed by atoms with Crippen molar-refractivity contribution in [1.29, 1.82) is 0 Å². The van der Waals surface area contributed by atoms with Gasteiger partial charge in [-0.15, -0.1) is 11.8 Å². The number of carbonyl (C=O) groups is 1. The minimum absolute atomic E-state index is 0.294. The van der Waals surface area contributed by atoms with Gasteiger partial charge in [0.1, 0.15) is 0 Å². The maximum Gasteiger partial charge on any atom is 0.156 e. The Labute approximate surface area is 64.1 Å². The molecule has 0 amide bonds. The summed E-state index contributed by atoms with van der Waals surface area (Å²) in [6, 6.07) is 0.502. The first kappa shape index (κ1) is 6.43. The highest BCUT2D eigenvalue weighted by Crippen LogP contribution is 2.30. The lowest BCUT2D eigenvalue weighted by atomic mass is 10.0. The van der Waals surface area contributed by atoms with Crippen molar-refractivity contribution in [1.82, 2.24) is 5.32 Å². The topological polar surface area (TPSA) is 29.1 Å². The van der Waals surface area contributed by atoms with Gasteiger partial charge in [0.05, 0.1) is 0 Å². The summed E-state index contributed by atoms with van der Waals surface area (Å²) in [5, 5.41) is 3.32. The Morgan fingerprint density at radius 3 is 3.50 bits per heavy atom. The van der Waals surface area contributed by atoms with Gasteiger partial charge in [0.2, 0.25) is 0 Å². The molecule has 3 heteroatoms. The van der Waals surface area contributed by atoms with Crippen molar-refractivity contribution >= 4 is 17.5 Å². The quantitative estimate of drug-likeness (QED) is 0.563. The smallest absolute Gasteiger partial charge is 0.156 e. The summed E-state index contributed by atoms with van der Waals surface area (Å²) >= 11 is 1.76. The Morgan fingerprint density at radius 1 is 1.70 bits per heavy atom. The number of allylic oxidation sites excluding steroid dienone is 1. The van der Waals surface area contributed by atoms with Crippen LogP contribution in [0.2, 0.25) is 0 Å². The summed E-state index contributed by atoms with van der Waals surface area (Å²) < 4.78 is 0. The fraction of sp³-hybridized carbons (Fsp3) is 0.571. The van der Waals surface area contributed by atoms with Crippen molar-refractivity contribution in [2.24, 2.45) is 0 Å². The molecule has 1 aliphatic carbocycles. The predicted molar refractivity (Wildman–Crippen MR) is 41.7 cm³/mol. The zero-order valence-corrected chi connectivity index (χ0v) is 6.41. The first-order valence-electron chi connectivity index (χ1n) is 3.47. The number of carbonyl (C=O) groups excluding carboxylic acids is 1. The molecule has 2 rings (SSSR count). The van der Waals surface area contributed by atoms with Crippen molar-refractivity contribution in [3.63, 3.8) is 0 Å². The minimum atomic E-state index is 0.294. The number of thioether (sulfide) groups is 1. The lowest BCUT2D eigenvalue weighted by Gasteiger charge is -2.14. The lowest BCUT2D eigenvalue weighted by molar-refractivity contribution is -0.115. The molecule has 0 aromatic rings. The van der Waals surface area contributed by atoms with Crippen molar-refractivity contribution in [2.45, 2.75) is 18.9 Å². The molecular weight excluding hydrogens is 146 g/mol. The SMILES string of the molecule is O=C1C=C2SCNC2CC1.